The summed E-state index contributed by atoms with van der Waals surface area (Å²) in [5.41, 5.74) is -0.255. The normalized spacial score (nSPS) is 10.9. The molecule has 0 bridgehead atoms. The highest BCUT2D eigenvalue weighted by Crippen LogP contribution is 2.31. The van der Waals surface area contributed by atoms with Gasteiger partial charge in [-0.25, -0.2) is 4.79 Å². The Hall–Kier alpha value is -3.03. The third kappa shape index (κ3) is 5.51. The first-order chi connectivity index (χ1) is 12.3. The van der Waals surface area contributed by atoms with Crippen LogP contribution in [0.5, 0.6) is 5.75 Å². The molecular formula is C18H16F3NO4. The predicted octanol–water partition coefficient (Wildman–Crippen LogP) is 3.90. The molecule has 26 heavy (non-hydrogen) atoms. The number of anilines is 1. The summed E-state index contributed by atoms with van der Waals surface area (Å²) in [4.78, 5) is 23.6. The molecular weight excluding hydrogens is 351 g/mol. The van der Waals surface area contributed by atoms with Crippen LogP contribution < -0.4 is 10.1 Å². The third-order valence-corrected chi connectivity index (χ3v) is 3.19. The van der Waals surface area contributed by atoms with Crippen LogP contribution in [0, 0.1) is 0 Å². The predicted molar refractivity (Wildman–Crippen MR) is 88.0 cm³/mol. The molecule has 138 valence electrons. The zero-order valence-corrected chi connectivity index (χ0v) is 13.8. The Morgan fingerprint density at radius 2 is 1.81 bits per heavy atom. The highest BCUT2D eigenvalue weighted by molar-refractivity contribution is 5.95. The maximum atomic E-state index is 12.6. The van der Waals surface area contributed by atoms with Crippen molar-refractivity contribution in [3.63, 3.8) is 0 Å². The number of carbonyl (C=O) groups excluding carboxylic acids is 2. The lowest BCUT2D eigenvalue weighted by Crippen LogP contribution is -2.20. The summed E-state index contributed by atoms with van der Waals surface area (Å²) in [5, 5.41) is 2.50. The number of alkyl halides is 3. The number of hydrogen-bond donors (Lipinski definition) is 1. The van der Waals surface area contributed by atoms with Crippen LogP contribution in [0.2, 0.25) is 0 Å². The van der Waals surface area contributed by atoms with Crippen LogP contribution in [0.15, 0.2) is 48.5 Å². The number of hydrogen-bond acceptors (Lipinski definition) is 4. The molecule has 0 saturated heterocycles. The van der Waals surface area contributed by atoms with Crippen molar-refractivity contribution in [3.8, 4) is 5.75 Å². The highest BCUT2D eigenvalue weighted by atomic mass is 19.4. The molecule has 0 fully saturated rings. The summed E-state index contributed by atoms with van der Waals surface area (Å²) >= 11 is 0. The van der Waals surface area contributed by atoms with Gasteiger partial charge >= 0.3 is 12.1 Å². The minimum Gasteiger partial charge on any atom is -0.484 e. The van der Waals surface area contributed by atoms with Gasteiger partial charge in [0.2, 0.25) is 0 Å². The number of benzene rings is 2. The topological polar surface area (TPSA) is 64.6 Å². The summed E-state index contributed by atoms with van der Waals surface area (Å²) in [5.74, 6) is -1.18. The standard InChI is InChI=1S/C18H16F3NO4/c1-2-25-17(24)12-5-3-7-14(9-12)22-16(23)11-26-15-8-4-6-13(10-15)18(19,20)21/h3-10H,2,11H2,1H3,(H,22,23). The van der Waals surface area contributed by atoms with E-state index in [9.17, 15) is 22.8 Å². The number of carbonyl (C=O) groups is 2. The fraction of sp³-hybridized carbons (Fsp3) is 0.222. The second kappa shape index (κ2) is 8.37. The summed E-state index contributed by atoms with van der Waals surface area (Å²) < 4.78 is 47.9. The average molecular weight is 367 g/mol. The van der Waals surface area contributed by atoms with Crippen molar-refractivity contribution in [1.82, 2.24) is 0 Å². The highest BCUT2D eigenvalue weighted by Gasteiger charge is 2.30. The first-order valence-corrected chi connectivity index (χ1v) is 7.66. The van der Waals surface area contributed by atoms with Crippen molar-refractivity contribution in [2.75, 3.05) is 18.5 Å². The molecule has 5 nitrogen and oxygen atoms in total. The van der Waals surface area contributed by atoms with Crippen molar-refractivity contribution in [2.45, 2.75) is 13.1 Å². The molecule has 0 aliphatic heterocycles. The molecule has 1 amide bonds. The Labute approximate surface area is 147 Å². The van der Waals surface area contributed by atoms with E-state index in [0.717, 1.165) is 12.1 Å². The maximum absolute atomic E-state index is 12.6. The van der Waals surface area contributed by atoms with Crippen molar-refractivity contribution in [3.05, 3.63) is 59.7 Å². The van der Waals surface area contributed by atoms with E-state index < -0.39 is 30.2 Å². The van der Waals surface area contributed by atoms with Crippen molar-refractivity contribution in [1.29, 1.82) is 0 Å². The molecule has 0 heterocycles. The second-order valence-corrected chi connectivity index (χ2v) is 5.16. The molecule has 2 aromatic carbocycles. The zero-order valence-electron chi connectivity index (χ0n) is 13.8. The van der Waals surface area contributed by atoms with Gasteiger partial charge < -0.3 is 14.8 Å². The molecule has 8 heteroatoms. The van der Waals surface area contributed by atoms with Gasteiger partial charge in [0.15, 0.2) is 6.61 Å². The van der Waals surface area contributed by atoms with Crippen molar-refractivity contribution in [2.24, 2.45) is 0 Å². The van der Waals surface area contributed by atoms with Gasteiger partial charge in [-0.15, -0.1) is 0 Å². The van der Waals surface area contributed by atoms with Gasteiger partial charge in [0, 0.05) is 5.69 Å². The monoisotopic (exact) mass is 367 g/mol. The fourth-order valence-electron chi connectivity index (χ4n) is 2.05. The Morgan fingerprint density at radius 3 is 2.50 bits per heavy atom. The number of halogens is 3. The largest absolute Gasteiger partial charge is 0.484 e. The Morgan fingerprint density at radius 1 is 1.08 bits per heavy atom. The van der Waals surface area contributed by atoms with E-state index in [1.165, 1.54) is 24.3 Å². The van der Waals surface area contributed by atoms with Gasteiger partial charge in [-0.2, -0.15) is 13.2 Å². The van der Waals surface area contributed by atoms with Crippen LogP contribution in [-0.4, -0.2) is 25.1 Å². The van der Waals surface area contributed by atoms with Crippen LogP contribution in [0.1, 0.15) is 22.8 Å². The smallest absolute Gasteiger partial charge is 0.416 e. The molecule has 2 aromatic rings. The van der Waals surface area contributed by atoms with Gasteiger partial charge in [-0.3, -0.25) is 4.79 Å². The number of esters is 1. The minimum absolute atomic E-state index is 0.0738. The zero-order chi connectivity index (χ0) is 19.2. The summed E-state index contributed by atoms with van der Waals surface area (Å²) in [6.07, 6.45) is -4.49. The van der Waals surface area contributed by atoms with E-state index in [1.807, 2.05) is 0 Å². The van der Waals surface area contributed by atoms with E-state index in [4.69, 9.17) is 9.47 Å². The lowest BCUT2D eigenvalue weighted by atomic mass is 10.2. The molecule has 0 aromatic heterocycles. The van der Waals surface area contributed by atoms with E-state index in [2.05, 4.69) is 5.32 Å². The third-order valence-electron chi connectivity index (χ3n) is 3.19. The molecule has 1 N–H and O–H groups in total. The van der Waals surface area contributed by atoms with Crippen LogP contribution >= 0.6 is 0 Å². The van der Waals surface area contributed by atoms with Gasteiger partial charge in [0.05, 0.1) is 17.7 Å². The van der Waals surface area contributed by atoms with Crippen LogP contribution in [0.3, 0.4) is 0 Å². The van der Waals surface area contributed by atoms with E-state index in [0.29, 0.717) is 5.69 Å². The summed E-state index contributed by atoms with van der Waals surface area (Å²) in [7, 11) is 0. The van der Waals surface area contributed by atoms with E-state index >= 15 is 0 Å². The average Bonchev–Trinajstić information content (AvgIpc) is 2.60. The van der Waals surface area contributed by atoms with Crippen LogP contribution in [0.25, 0.3) is 0 Å². The van der Waals surface area contributed by atoms with Crippen molar-refractivity contribution < 1.29 is 32.2 Å². The van der Waals surface area contributed by atoms with Crippen molar-refractivity contribution >= 4 is 17.6 Å². The lowest BCUT2D eigenvalue weighted by Gasteiger charge is -2.11. The molecule has 0 aliphatic rings. The number of rotatable bonds is 6. The van der Waals surface area contributed by atoms with Gasteiger partial charge in [-0.1, -0.05) is 12.1 Å². The quantitative estimate of drug-likeness (QED) is 0.787. The van der Waals surface area contributed by atoms with Gasteiger partial charge in [0.1, 0.15) is 5.75 Å². The molecule has 2 rings (SSSR count). The number of ether oxygens (including phenoxy) is 2. The molecule has 0 atom stereocenters. The SMILES string of the molecule is CCOC(=O)c1cccc(NC(=O)COc2cccc(C(F)(F)F)c2)c1. The molecule has 0 saturated carbocycles. The van der Waals surface area contributed by atoms with E-state index in [-0.39, 0.29) is 17.9 Å². The molecule has 0 unspecified atom stereocenters. The fourth-order valence-corrected chi connectivity index (χ4v) is 2.05. The Balaban J connectivity index is 1.95. The number of amides is 1. The first-order valence-electron chi connectivity index (χ1n) is 7.66. The maximum Gasteiger partial charge on any atom is 0.416 e. The molecule has 0 spiro atoms. The van der Waals surface area contributed by atoms with Crippen LogP contribution in [0.4, 0.5) is 18.9 Å². The second-order valence-electron chi connectivity index (χ2n) is 5.16. The Kier molecular flexibility index (Phi) is 6.21. The Bertz CT molecular complexity index is 790. The van der Waals surface area contributed by atoms with Gasteiger partial charge in [0.25, 0.3) is 5.91 Å². The summed E-state index contributed by atoms with van der Waals surface area (Å²) in [6.45, 7) is 1.42. The van der Waals surface area contributed by atoms with Gasteiger partial charge in [-0.05, 0) is 43.3 Å². The van der Waals surface area contributed by atoms with Crippen LogP contribution in [-0.2, 0) is 15.7 Å². The number of nitrogens with one attached hydrogen (secondary N) is 1. The summed E-state index contributed by atoms with van der Waals surface area (Å²) in [6, 6.07) is 10.3. The minimum atomic E-state index is -4.49. The first kappa shape index (κ1) is 19.3. The molecule has 0 radical (unpaired) electrons. The molecule has 0 aliphatic carbocycles. The van der Waals surface area contributed by atoms with E-state index in [1.54, 1.807) is 19.1 Å². The lowest BCUT2D eigenvalue weighted by molar-refractivity contribution is -0.137.